The van der Waals surface area contributed by atoms with Gasteiger partial charge >= 0.3 is 0 Å². The first-order valence-corrected chi connectivity index (χ1v) is 6.66. The van der Waals surface area contributed by atoms with E-state index in [-0.39, 0.29) is 6.04 Å². The molecule has 0 fully saturated rings. The number of ether oxygens (including phenoxy) is 1. The van der Waals surface area contributed by atoms with Crippen LogP contribution in [0.4, 0.5) is 5.82 Å². The Labute approximate surface area is 114 Å². The fraction of sp³-hybridized carbons (Fsp3) is 0.400. The Morgan fingerprint density at radius 2 is 2.21 bits per heavy atom. The van der Waals surface area contributed by atoms with Crippen molar-refractivity contribution in [3.8, 4) is 5.75 Å². The number of fused-ring (bicyclic) bond motifs is 1. The van der Waals surface area contributed by atoms with E-state index in [1.54, 1.807) is 7.11 Å². The number of hydrogen-bond donors (Lipinski definition) is 2. The molecule has 2 aromatic rings. The van der Waals surface area contributed by atoms with Crippen LogP contribution in [0.1, 0.15) is 19.8 Å². The molecule has 102 valence electrons. The smallest absolute Gasteiger partial charge is 0.134 e. The number of nitrogens with zero attached hydrogens (tertiary/aromatic N) is 1. The number of rotatable bonds is 6. The van der Waals surface area contributed by atoms with E-state index < -0.39 is 0 Å². The van der Waals surface area contributed by atoms with Gasteiger partial charge in [0, 0.05) is 24.2 Å². The summed E-state index contributed by atoms with van der Waals surface area (Å²) in [6.45, 7) is 2.87. The summed E-state index contributed by atoms with van der Waals surface area (Å²) in [6, 6.07) is 8.14. The van der Waals surface area contributed by atoms with Crippen molar-refractivity contribution in [2.45, 2.75) is 25.8 Å². The van der Waals surface area contributed by atoms with Gasteiger partial charge in [-0.25, -0.2) is 4.98 Å². The summed E-state index contributed by atoms with van der Waals surface area (Å²) < 4.78 is 5.26. The highest BCUT2D eigenvalue weighted by Crippen LogP contribution is 2.25. The van der Waals surface area contributed by atoms with Crippen molar-refractivity contribution in [3.63, 3.8) is 0 Å². The van der Waals surface area contributed by atoms with E-state index in [1.807, 2.05) is 30.5 Å². The lowest BCUT2D eigenvalue weighted by atomic mass is 10.1. The molecule has 0 radical (unpaired) electrons. The molecule has 1 heterocycles. The van der Waals surface area contributed by atoms with E-state index >= 15 is 0 Å². The van der Waals surface area contributed by atoms with Crippen LogP contribution in [-0.4, -0.2) is 24.7 Å². The zero-order valence-corrected chi connectivity index (χ0v) is 11.5. The van der Waals surface area contributed by atoms with E-state index in [0.29, 0.717) is 0 Å². The predicted octanol–water partition coefficient (Wildman–Crippen LogP) is 2.78. The average molecular weight is 259 g/mol. The Kier molecular flexibility index (Phi) is 4.58. The van der Waals surface area contributed by atoms with Crippen LogP contribution >= 0.6 is 0 Å². The van der Waals surface area contributed by atoms with Gasteiger partial charge in [0.05, 0.1) is 7.11 Å². The first-order chi connectivity index (χ1) is 9.24. The van der Waals surface area contributed by atoms with E-state index in [4.69, 9.17) is 10.5 Å². The monoisotopic (exact) mass is 259 g/mol. The van der Waals surface area contributed by atoms with Gasteiger partial charge in [-0.2, -0.15) is 0 Å². The molecule has 19 heavy (non-hydrogen) atoms. The van der Waals surface area contributed by atoms with E-state index in [0.717, 1.165) is 41.7 Å². The maximum Gasteiger partial charge on any atom is 0.134 e. The van der Waals surface area contributed by atoms with Crippen molar-refractivity contribution >= 4 is 16.6 Å². The van der Waals surface area contributed by atoms with Gasteiger partial charge in [-0.3, -0.25) is 0 Å². The third-order valence-corrected chi connectivity index (χ3v) is 3.16. The van der Waals surface area contributed by atoms with Crippen LogP contribution in [0.15, 0.2) is 30.5 Å². The number of pyridine rings is 1. The Bertz CT molecular complexity index is 542. The molecule has 1 unspecified atom stereocenters. The minimum atomic E-state index is 0.160. The summed E-state index contributed by atoms with van der Waals surface area (Å²) >= 11 is 0. The highest BCUT2D eigenvalue weighted by Gasteiger charge is 2.06. The number of anilines is 1. The van der Waals surface area contributed by atoms with Crippen LogP contribution in [0.25, 0.3) is 10.8 Å². The van der Waals surface area contributed by atoms with Crippen molar-refractivity contribution in [1.29, 1.82) is 0 Å². The molecule has 3 N–H and O–H groups in total. The second-order valence-electron chi connectivity index (χ2n) is 4.68. The lowest BCUT2D eigenvalue weighted by molar-refractivity contribution is 0.415. The summed E-state index contributed by atoms with van der Waals surface area (Å²) in [4.78, 5) is 4.39. The number of nitrogens with one attached hydrogen (secondary N) is 1. The number of benzene rings is 1. The SMILES string of the molecule is CCCC(N)CNc1nccc2ccc(OC)cc12. The summed E-state index contributed by atoms with van der Waals surface area (Å²) in [5.74, 6) is 1.70. The molecule has 2 rings (SSSR count). The van der Waals surface area contributed by atoms with E-state index in [9.17, 15) is 0 Å². The molecule has 0 amide bonds. The largest absolute Gasteiger partial charge is 0.497 e. The van der Waals surface area contributed by atoms with Crippen LogP contribution in [0.2, 0.25) is 0 Å². The Morgan fingerprint density at radius 3 is 2.95 bits per heavy atom. The van der Waals surface area contributed by atoms with Crippen molar-refractivity contribution in [1.82, 2.24) is 4.98 Å². The first kappa shape index (κ1) is 13.6. The van der Waals surface area contributed by atoms with Gasteiger partial charge < -0.3 is 15.8 Å². The maximum atomic E-state index is 6.02. The molecule has 0 saturated carbocycles. The average Bonchev–Trinajstić information content (AvgIpc) is 2.44. The maximum absolute atomic E-state index is 6.02. The quantitative estimate of drug-likeness (QED) is 0.837. The lowest BCUT2D eigenvalue weighted by Crippen LogP contribution is -2.29. The normalized spacial score (nSPS) is 12.4. The van der Waals surface area contributed by atoms with Gasteiger partial charge in [0.25, 0.3) is 0 Å². The van der Waals surface area contributed by atoms with Gasteiger partial charge in [-0.05, 0) is 30.0 Å². The van der Waals surface area contributed by atoms with Crippen molar-refractivity contribution in [2.24, 2.45) is 5.73 Å². The summed E-state index contributed by atoms with van der Waals surface area (Å²) in [7, 11) is 1.67. The number of methoxy groups -OCH3 is 1. The second-order valence-corrected chi connectivity index (χ2v) is 4.68. The lowest BCUT2D eigenvalue weighted by Gasteiger charge is -2.14. The van der Waals surface area contributed by atoms with Gasteiger partial charge in [0.1, 0.15) is 11.6 Å². The standard InChI is InChI=1S/C15H21N3O/c1-3-4-12(16)10-18-15-14-9-13(19-2)6-5-11(14)7-8-17-15/h5-9,12H,3-4,10,16H2,1-2H3,(H,17,18). The van der Waals surface area contributed by atoms with Crippen LogP contribution in [0, 0.1) is 0 Å². The van der Waals surface area contributed by atoms with Gasteiger partial charge in [0.15, 0.2) is 0 Å². The minimum absolute atomic E-state index is 0.160. The molecule has 4 heteroatoms. The molecule has 4 nitrogen and oxygen atoms in total. The number of nitrogens with two attached hydrogens (primary N) is 1. The molecule has 0 aliphatic carbocycles. The molecular formula is C15H21N3O. The fourth-order valence-electron chi connectivity index (χ4n) is 2.12. The summed E-state index contributed by atoms with van der Waals surface area (Å²) in [5.41, 5.74) is 6.02. The van der Waals surface area contributed by atoms with E-state index in [2.05, 4.69) is 17.2 Å². The Morgan fingerprint density at radius 1 is 1.37 bits per heavy atom. The fourth-order valence-corrected chi connectivity index (χ4v) is 2.12. The molecule has 0 saturated heterocycles. The molecule has 0 aliphatic rings. The number of aromatic nitrogens is 1. The highest BCUT2D eigenvalue weighted by atomic mass is 16.5. The van der Waals surface area contributed by atoms with E-state index in [1.165, 1.54) is 0 Å². The van der Waals surface area contributed by atoms with Crippen LogP contribution in [0.3, 0.4) is 0 Å². The number of hydrogen-bond acceptors (Lipinski definition) is 4. The summed E-state index contributed by atoms with van der Waals surface area (Å²) in [6.07, 6.45) is 3.92. The molecule has 0 spiro atoms. The zero-order valence-electron chi connectivity index (χ0n) is 11.5. The molecule has 1 aromatic heterocycles. The molecule has 1 atom stereocenters. The zero-order chi connectivity index (χ0) is 13.7. The van der Waals surface area contributed by atoms with Crippen LogP contribution in [0.5, 0.6) is 5.75 Å². The highest BCUT2D eigenvalue weighted by molar-refractivity contribution is 5.92. The van der Waals surface area contributed by atoms with Crippen LogP contribution < -0.4 is 15.8 Å². The predicted molar refractivity (Wildman–Crippen MR) is 79.7 cm³/mol. The summed E-state index contributed by atoms with van der Waals surface area (Å²) in [5, 5.41) is 5.53. The van der Waals surface area contributed by atoms with Crippen molar-refractivity contribution in [2.75, 3.05) is 19.0 Å². The molecule has 0 aliphatic heterocycles. The molecule has 0 bridgehead atoms. The van der Waals surface area contributed by atoms with Gasteiger partial charge in [-0.1, -0.05) is 19.4 Å². The van der Waals surface area contributed by atoms with Gasteiger partial charge in [0.2, 0.25) is 0 Å². The van der Waals surface area contributed by atoms with Gasteiger partial charge in [-0.15, -0.1) is 0 Å². The topological polar surface area (TPSA) is 60.2 Å². The van der Waals surface area contributed by atoms with Crippen LogP contribution in [-0.2, 0) is 0 Å². The second kappa shape index (κ2) is 6.38. The van der Waals surface area contributed by atoms with Crippen molar-refractivity contribution in [3.05, 3.63) is 30.5 Å². The van der Waals surface area contributed by atoms with Crippen molar-refractivity contribution < 1.29 is 4.74 Å². The molecule has 1 aromatic carbocycles. The Balaban J connectivity index is 2.22. The third kappa shape index (κ3) is 3.35. The third-order valence-electron chi connectivity index (χ3n) is 3.16. The Hall–Kier alpha value is -1.81. The minimum Gasteiger partial charge on any atom is -0.497 e. The first-order valence-electron chi connectivity index (χ1n) is 6.66. The molecular weight excluding hydrogens is 238 g/mol.